The van der Waals surface area contributed by atoms with Crippen LogP contribution < -0.4 is 4.90 Å². The summed E-state index contributed by atoms with van der Waals surface area (Å²) in [5.74, 6) is 0. The van der Waals surface area contributed by atoms with Gasteiger partial charge in [0.1, 0.15) is 0 Å². The van der Waals surface area contributed by atoms with E-state index in [0.29, 0.717) is 0 Å². The fourth-order valence-electron chi connectivity index (χ4n) is 7.23. The molecule has 1 aromatic heterocycles. The van der Waals surface area contributed by atoms with Gasteiger partial charge >= 0.3 is 0 Å². The van der Waals surface area contributed by atoms with Crippen LogP contribution in [-0.4, -0.2) is 0 Å². The quantitative estimate of drug-likeness (QED) is 0.194. The summed E-state index contributed by atoms with van der Waals surface area (Å²) in [6.45, 7) is 11.7. The first kappa shape index (κ1) is 27.9. The van der Waals surface area contributed by atoms with Gasteiger partial charge in [-0.1, -0.05) is 126 Å². The Morgan fingerprint density at radius 1 is 0.533 bits per heavy atom. The third-order valence-corrected chi connectivity index (χ3v) is 10.8. The summed E-state index contributed by atoms with van der Waals surface area (Å²) in [4.78, 5) is 2.43. The van der Waals surface area contributed by atoms with Gasteiger partial charge in [-0.05, 0) is 81.3 Å². The minimum atomic E-state index is -0.0823. The number of nitrogens with zero attached hydrogens (tertiary/aromatic N) is 1. The highest BCUT2D eigenvalue weighted by Gasteiger charge is 2.38. The van der Waals surface area contributed by atoms with Gasteiger partial charge in [0, 0.05) is 42.5 Å². The SMILES string of the molecule is CC(C)(C)c1ccc2c(c1)C(C)(C)c1cccc(-c3ccccc3N(c3ccccc3)c3ccc4sc5ccccc5c4c3)c1-2. The summed E-state index contributed by atoms with van der Waals surface area (Å²) in [5, 5.41) is 2.62. The van der Waals surface area contributed by atoms with Crippen molar-refractivity contribution in [1.82, 2.24) is 0 Å². The maximum Gasteiger partial charge on any atom is 0.0540 e. The van der Waals surface area contributed by atoms with Crippen molar-refractivity contribution in [3.05, 3.63) is 150 Å². The Bertz CT molecular complexity index is 2230. The van der Waals surface area contributed by atoms with Crippen molar-refractivity contribution in [3.8, 4) is 22.3 Å². The first-order valence-electron chi connectivity index (χ1n) is 15.9. The Balaban J connectivity index is 1.36. The number of benzene rings is 6. The lowest BCUT2D eigenvalue weighted by atomic mass is 9.79. The van der Waals surface area contributed by atoms with E-state index in [1.54, 1.807) is 0 Å². The fourth-order valence-corrected chi connectivity index (χ4v) is 8.32. The van der Waals surface area contributed by atoms with Crippen molar-refractivity contribution in [3.63, 3.8) is 0 Å². The normalized spacial score (nSPS) is 13.6. The number of anilines is 3. The largest absolute Gasteiger partial charge is 0.310 e. The molecule has 0 saturated heterocycles. The summed E-state index contributed by atoms with van der Waals surface area (Å²) < 4.78 is 2.64. The molecule has 0 unspecified atom stereocenters. The van der Waals surface area contributed by atoms with E-state index in [4.69, 9.17) is 0 Å². The van der Waals surface area contributed by atoms with Crippen molar-refractivity contribution in [2.75, 3.05) is 4.90 Å². The predicted octanol–water partition coefficient (Wildman–Crippen LogP) is 12.8. The Labute approximate surface area is 270 Å². The Kier molecular flexibility index (Phi) is 6.31. The fraction of sp³-hybridized carbons (Fsp3) is 0.163. The lowest BCUT2D eigenvalue weighted by molar-refractivity contribution is 0.584. The van der Waals surface area contributed by atoms with E-state index in [0.717, 1.165) is 11.4 Å². The molecule has 0 saturated carbocycles. The third kappa shape index (κ3) is 4.42. The molecule has 1 aliphatic rings. The third-order valence-electron chi connectivity index (χ3n) is 9.63. The molecule has 45 heavy (non-hydrogen) atoms. The molecule has 0 spiro atoms. The van der Waals surface area contributed by atoms with Crippen molar-refractivity contribution < 1.29 is 0 Å². The van der Waals surface area contributed by atoms with E-state index in [-0.39, 0.29) is 10.8 Å². The highest BCUT2D eigenvalue weighted by molar-refractivity contribution is 7.25. The van der Waals surface area contributed by atoms with Gasteiger partial charge in [0.2, 0.25) is 0 Å². The van der Waals surface area contributed by atoms with Crippen molar-refractivity contribution in [2.24, 2.45) is 0 Å². The van der Waals surface area contributed by atoms with Gasteiger partial charge in [0.05, 0.1) is 5.69 Å². The van der Waals surface area contributed by atoms with Gasteiger partial charge in [-0.25, -0.2) is 0 Å². The molecule has 220 valence electrons. The van der Waals surface area contributed by atoms with Crippen LogP contribution in [0.3, 0.4) is 0 Å². The molecule has 0 aliphatic heterocycles. The van der Waals surface area contributed by atoms with E-state index >= 15 is 0 Å². The zero-order valence-corrected chi connectivity index (χ0v) is 27.4. The van der Waals surface area contributed by atoms with Gasteiger partial charge in [-0.3, -0.25) is 0 Å². The first-order valence-corrected chi connectivity index (χ1v) is 16.7. The molecule has 0 radical (unpaired) electrons. The van der Waals surface area contributed by atoms with Crippen LogP contribution >= 0.6 is 11.3 Å². The number of para-hydroxylation sites is 2. The summed E-state index contributed by atoms with van der Waals surface area (Å²) in [7, 11) is 0. The maximum atomic E-state index is 2.46. The first-order chi connectivity index (χ1) is 21.7. The standard InChI is InChI=1S/C43H37NS/c1-42(2,3)28-22-24-34-37(26-28)43(4,5)36-19-13-18-33(41(34)36)31-16-9-11-20-38(31)44(29-14-7-6-8-15-29)30-23-25-40-35(27-30)32-17-10-12-21-39(32)45-40/h6-27H,1-5H3. The highest BCUT2D eigenvalue weighted by Crippen LogP contribution is 2.54. The van der Waals surface area contributed by atoms with Crippen LogP contribution in [0.25, 0.3) is 42.4 Å². The Hall–Kier alpha value is -4.66. The molecule has 1 heterocycles. The molecule has 0 fully saturated rings. The molecule has 0 amide bonds. The van der Waals surface area contributed by atoms with Gasteiger partial charge in [-0.2, -0.15) is 0 Å². The summed E-state index contributed by atoms with van der Waals surface area (Å²) in [6.07, 6.45) is 0. The van der Waals surface area contributed by atoms with Crippen molar-refractivity contribution in [1.29, 1.82) is 0 Å². The molecule has 0 atom stereocenters. The molecular weight excluding hydrogens is 563 g/mol. The number of thiophene rings is 1. The van der Waals surface area contributed by atoms with E-state index in [1.165, 1.54) is 64.8 Å². The monoisotopic (exact) mass is 599 g/mol. The number of hydrogen-bond acceptors (Lipinski definition) is 2. The molecule has 1 nitrogen and oxygen atoms in total. The minimum Gasteiger partial charge on any atom is -0.310 e. The molecule has 8 rings (SSSR count). The Morgan fingerprint density at radius 3 is 2.07 bits per heavy atom. The predicted molar refractivity (Wildman–Crippen MR) is 196 cm³/mol. The van der Waals surface area contributed by atoms with Crippen LogP contribution in [0.1, 0.15) is 51.3 Å². The summed E-state index contributed by atoms with van der Waals surface area (Å²) >= 11 is 1.86. The second-order valence-electron chi connectivity index (χ2n) is 13.8. The van der Waals surface area contributed by atoms with E-state index < -0.39 is 0 Å². The van der Waals surface area contributed by atoms with Crippen LogP contribution in [-0.2, 0) is 10.8 Å². The minimum absolute atomic E-state index is 0.0823. The second-order valence-corrected chi connectivity index (χ2v) is 14.9. The van der Waals surface area contributed by atoms with Gasteiger partial charge < -0.3 is 4.90 Å². The number of fused-ring (bicyclic) bond motifs is 6. The summed E-state index contributed by atoms with van der Waals surface area (Å²) in [5.41, 5.74) is 12.9. The highest BCUT2D eigenvalue weighted by atomic mass is 32.1. The van der Waals surface area contributed by atoms with Crippen LogP contribution in [0, 0.1) is 0 Å². The van der Waals surface area contributed by atoms with Crippen LogP contribution in [0.15, 0.2) is 133 Å². The smallest absolute Gasteiger partial charge is 0.0540 e. The molecule has 6 aromatic carbocycles. The molecule has 2 heteroatoms. The van der Waals surface area contributed by atoms with Gasteiger partial charge in [-0.15, -0.1) is 11.3 Å². The van der Waals surface area contributed by atoms with E-state index in [1.807, 2.05) is 11.3 Å². The lowest BCUT2D eigenvalue weighted by Crippen LogP contribution is -2.17. The molecule has 0 N–H and O–H groups in total. The van der Waals surface area contributed by atoms with Crippen LogP contribution in [0.4, 0.5) is 17.1 Å². The number of hydrogen-bond donors (Lipinski definition) is 0. The topological polar surface area (TPSA) is 3.24 Å². The Morgan fingerprint density at radius 2 is 1.24 bits per heavy atom. The van der Waals surface area contributed by atoms with E-state index in [2.05, 4.69) is 173 Å². The van der Waals surface area contributed by atoms with Crippen molar-refractivity contribution in [2.45, 2.75) is 45.4 Å². The molecule has 1 aliphatic carbocycles. The molecule has 7 aromatic rings. The molecular formula is C43H37NS. The average molecular weight is 600 g/mol. The maximum absolute atomic E-state index is 2.46. The molecule has 0 bridgehead atoms. The zero-order chi connectivity index (χ0) is 30.9. The van der Waals surface area contributed by atoms with E-state index in [9.17, 15) is 0 Å². The van der Waals surface area contributed by atoms with Crippen molar-refractivity contribution >= 4 is 48.6 Å². The van der Waals surface area contributed by atoms with Gasteiger partial charge in [0.15, 0.2) is 0 Å². The lowest BCUT2D eigenvalue weighted by Gasteiger charge is -2.28. The van der Waals surface area contributed by atoms with Crippen LogP contribution in [0.5, 0.6) is 0 Å². The van der Waals surface area contributed by atoms with Gasteiger partial charge in [0.25, 0.3) is 0 Å². The number of rotatable bonds is 4. The summed E-state index contributed by atoms with van der Waals surface area (Å²) in [6, 6.07) is 49.5. The zero-order valence-electron chi connectivity index (χ0n) is 26.6. The van der Waals surface area contributed by atoms with Crippen LogP contribution in [0.2, 0.25) is 0 Å². The average Bonchev–Trinajstić information content (AvgIpc) is 3.53. The second kappa shape index (κ2) is 10.2.